The SMILES string of the molecule is COCCC(C)C(=O)NC1CCCC1(C)CO. The van der Waals surface area contributed by atoms with E-state index in [4.69, 9.17) is 4.74 Å². The summed E-state index contributed by atoms with van der Waals surface area (Å²) in [6, 6.07) is 0.116. The van der Waals surface area contributed by atoms with Crippen LogP contribution in [0.4, 0.5) is 0 Å². The van der Waals surface area contributed by atoms with Gasteiger partial charge in [-0.15, -0.1) is 0 Å². The van der Waals surface area contributed by atoms with Crippen molar-refractivity contribution in [3.8, 4) is 0 Å². The number of hydrogen-bond acceptors (Lipinski definition) is 3. The van der Waals surface area contributed by atoms with Crippen molar-refractivity contribution in [2.24, 2.45) is 11.3 Å². The van der Waals surface area contributed by atoms with E-state index in [0.717, 1.165) is 25.7 Å². The van der Waals surface area contributed by atoms with Crippen LogP contribution in [0.2, 0.25) is 0 Å². The Balaban J connectivity index is 2.45. The fraction of sp³-hybridized carbons (Fsp3) is 0.923. The molecule has 0 radical (unpaired) electrons. The van der Waals surface area contributed by atoms with E-state index < -0.39 is 0 Å². The maximum atomic E-state index is 12.0. The lowest BCUT2D eigenvalue weighted by molar-refractivity contribution is -0.126. The van der Waals surface area contributed by atoms with Crippen LogP contribution in [-0.2, 0) is 9.53 Å². The molecule has 0 spiro atoms. The number of nitrogens with one attached hydrogen (secondary N) is 1. The van der Waals surface area contributed by atoms with Gasteiger partial charge in [0.1, 0.15) is 0 Å². The molecule has 3 atom stereocenters. The molecule has 0 aromatic rings. The molecule has 0 heterocycles. The molecule has 0 aliphatic heterocycles. The number of carbonyl (C=O) groups is 1. The molecule has 4 nitrogen and oxygen atoms in total. The van der Waals surface area contributed by atoms with Crippen LogP contribution in [0.25, 0.3) is 0 Å². The van der Waals surface area contributed by atoms with Crippen molar-refractivity contribution in [1.29, 1.82) is 0 Å². The third-order valence-electron chi connectivity index (χ3n) is 3.96. The second-order valence-corrected chi connectivity index (χ2v) is 5.45. The molecular weight excluding hydrogens is 218 g/mol. The quantitative estimate of drug-likeness (QED) is 0.740. The van der Waals surface area contributed by atoms with E-state index in [1.54, 1.807) is 7.11 Å². The first-order valence-corrected chi connectivity index (χ1v) is 6.43. The highest BCUT2D eigenvalue weighted by Gasteiger charge is 2.39. The van der Waals surface area contributed by atoms with Crippen LogP contribution in [0.15, 0.2) is 0 Å². The minimum Gasteiger partial charge on any atom is -0.396 e. The van der Waals surface area contributed by atoms with Crippen LogP contribution in [0.5, 0.6) is 0 Å². The van der Waals surface area contributed by atoms with Crippen LogP contribution in [-0.4, -0.2) is 37.4 Å². The molecule has 1 aliphatic rings. The van der Waals surface area contributed by atoms with Gasteiger partial charge in [-0.2, -0.15) is 0 Å². The van der Waals surface area contributed by atoms with Gasteiger partial charge in [-0.05, 0) is 19.3 Å². The van der Waals surface area contributed by atoms with Gasteiger partial charge in [-0.1, -0.05) is 20.3 Å². The van der Waals surface area contributed by atoms with Crippen molar-refractivity contribution in [3.63, 3.8) is 0 Å². The third kappa shape index (κ3) is 3.68. The summed E-state index contributed by atoms with van der Waals surface area (Å²) in [4.78, 5) is 12.0. The highest BCUT2D eigenvalue weighted by atomic mass is 16.5. The standard InChI is InChI=1S/C13H25NO3/c1-10(6-8-17-3)12(16)14-11-5-4-7-13(11,2)9-15/h10-11,15H,4-9H2,1-3H3,(H,14,16). The van der Waals surface area contributed by atoms with E-state index in [2.05, 4.69) is 5.32 Å². The van der Waals surface area contributed by atoms with Gasteiger partial charge in [0.25, 0.3) is 0 Å². The molecule has 0 bridgehead atoms. The lowest BCUT2D eigenvalue weighted by atomic mass is 9.85. The van der Waals surface area contributed by atoms with Crippen LogP contribution in [0, 0.1) is 11.3 Å². The van der Waals surface area contributed by atoms with Crippen molar-refractivity contribution in [2.75, 3.05) is 20.3 Å². The summed E-state index contributed by atoms with van der Waals surface area (Å²) in [7, 11) is 1.64. The van der Waals surface area contributed by atoms with E-state index >= 15 is 0 Å². The van der Waals surface area contributed by atoms with Crippen molar-refractivity contribution in [1.82, 2.24) is 5.32 Å². The largest absolute Gasteiger partial charge is 0.396 e. The van der Waals surface area contributed by atoms with E-state index in [-0.39, 0.29) is 29.9 Å². The summed E-state index contributed by atoms with van der Waals surface area (Å²) in [6.07, 6.45) is 3.78. The Morgan fingerprint density at radius 3 is 2.94 bits per heavy atom. The predicted molar refractivity (Wildman–Crippen MR) is 66.6 cm³/mol. The van der Waals surface area contributed by atoms with Gasteiger partial charge >= 0.3 is 0 Å². The van der Waals surface area contributed by atoms with Gasteiger partial charge < -0.3 is 15.2 Å². The van der Waals surface area contributed by atoms with Crippen LogP contribution >= 0.6 is 0 Å². The summed E-state index contributed by atoms with van der Waals surface area (Å²) < 4.78 is 4.97. The molecule has 4 heteroatoms. The van der Waals surface area contributed by atoms with Gasteiger partial charge in [-0.25, -0.2) is 0 Å². The molecule has 0 aromatic carbocycles. The fourth-order valence-electron chi connectivity index (χ4n) is 2.41. The molecule has 0 aromatic heterocycles. The summed E-state index contributed by atoms with van der Waals surface area (Å²) in [5.74, 6) is 0.0483. The zero-order valence-electron chi connectivity index (χ0n) is 11.2. The summed E-state index contributed by atoms with van der Waals surface area (Å²) in [5, 5.41) is 12.5. The molecule has 2 N–H and O–H groups in total. The van der Waals surface area contributed by atoms with Crippen molar-refractivity contribution in [3.05, 3.63) is 0 Å². The molecule has 17 heavy (non-hydrogen) atoms. The number of methoxy groups -OCH3 is 1. The minimum atomic E-state index is -0.142. The molecule has 1 saturated carbocycles. The van der Waals surface area contributed by atoms with E-state index in [9.17, 15) is 9.90 Å². The second-order valence-electron chi connectivity index (χ2n) is 5.45. The number of ether oxygens (including phenoxy) is 1. The fourth-order valence-corrected chi connectivity index (χ4v) is 2.41. The monoisotopic (exact) mass is 243 g/mol. The zero-order chi connectivity index (χ0) is 12.9. The number of rotatable bonds is 6. The van der Waals surface area contributed by atoms with Gasteiger partial charge in [-0.3, -0.25) is 4.79 Å². The van der Waals surface area contributed by atoms with E-state index in [0.29, 0.717) is 6.61 Å². The third-order valence-corrected chi connectivity index (χ3v) is 3.96. The molecular formula is C13H25NO3. The highest BCUT2D eigenvalue weighted by Crippen LogP contribution is 2.37. The maximum Gasteiger partial charge on any atom is 0.223 e. The highest BCUT2D eigenvalue weighted by molar-refractivity contribution is 5.78. The van der Waals surface area contributed by atoms with Gasteiger partial charge in [0.05, 0.1) is 6.61 Å². The van der Waals surface area contributed by atoms with Crippen LogP contribution in [0.3, 0.4) is 0 Å². The molecule has 3 unspecified atom stereocenters. The number of aliphatic hydroxyl groups excluding tert-OH is 1. The molecule has 1 aliphatic carbocycles. The van der Waals surface area contributed by atoms with Gasteiger partial charge in [0.15, 0.2) is 0 Å². The smallest absolute Gasteiger partial charge is 0.223 e. The molecule has 0 saturated heterocycles. The lowest BCUT2D eigenvalue weighted by Gasteiger charge is -2.31. The predicted octanol–water partition coefficient (Wildman–Crippen LogP) is 1.33. The summed E-state index contributed by atoms with van der Waals surface area (Å²) >= 11 is 0. The first-order valence-electron chi connectivity index (χ1n) is 6.43. The Bertz CT molecular complexity index is 257. The van der Waals surface area contributed by atoms with Crippen LogP contribution in [0.1, 0.15) is 39.5 Å². The summed E-state index contributed by atoms with van der Waals surface area (Å²) in [5.41, 5.74) is -0.142. The second kappa shape index (κ2) is 6.36. The van der Waals surface area contributed by atoms with E-state index in [1.165, 1.54) is 0 Å². The van der Waals surface area contributed by atoms with Crippen molar-refractivity contribution in [2.45, 2.75) is 45.6 Å². The Hall–Kier alpha value is -0.610. The first-order chi connectivity index (χ1) is 8.03. The lowest BCUT2D eigenvalue weighted by Crippen LogP contribution is -2.46. The molecule has 1 rings (SSSR count). The molecule has 1 amide bonds. The van der Waals surface area contributed by atoms with E-state index in [1.807, 2.05) is 13.8 Å². The van der Waals surface area contributed by atoms with Gasteiger partial charge in [0.2, 0.25) is 5.91 Å². The minimum absolute atomic E-state index is 0.0292. The number of carbonyl (C=O) groups excluding carboxylic acids is 1. The average Bonchev–Trinajstić information content (AvgIpc) is 2.68. The number of amides is 1. The Kier molecular flexibility index (Phi) is 5.40. The summed E-state index contributed by atoms with van der Waals surface area (Å²) in [6.45, 7) is 4.71. The van der Waals surface area contributed by atoms with Gasteiger partial charge in [0, 0.05) is 31.1 Å². The Morgan fingerprint density at radius 1 is 1.65 bits per heavy atom. The molecule has 1 fully saturated rings. The topological polar surface area (TPSA) is 58.6 Å². The molecule has 100 valence electrons. The Morgan fingerprint density at radius 2 is 2.35 bits per heavy atom. The average molecular weight is 243 g/mol. The normalized spacial score (nSPS) is 30.2. The number of hydrogen-bond donors (Lipinski definition) is 2. The Labute approximate surface area is 104 Å². The van der Waals surface area contributed by atoms with Crippen molar-refractivity contribution >= 4 is 5.91 Å². The zero-order valence-corrected chi connectivity index (χ0v) is 11.2. The number of aliphatic hydroxyl groups is 1. The maximum absolute atomic E-state index is 12.0. The van der Waals surface area contributed by atoms with Crippen molar-refractivity contribution < 1.29 is 14.6 Å². The van der Waals surface area contributed by atoms with Crippen LogP contribution < -0.4 is 5.32 Å². The first kappa shape index (κ1) is 14.5.